The van der Waals surface area contributed by atoms with Crippen LogP contribution in [-0.4, -0.2) is 51.0 Å². The van der Waals surface area contributed by atoms with Crippen molar-refractivity contribution in [3.05, 3.63) is 65.5 Å². The number of anilines is 1. The highest BCUT2D eigenvalue weighted by Gasteiger charge is 2.26. The van der Waals surface area contributed by atoms with Crippen molar-refractivity contribution in [3.63, 3.8) is 0 Å². The third kappa shape index (κ3) is 6.53. The Balaban J connectivity index is 2.17. The Morgan fingerprint density at radius 3 is 2.31 bits per heavy atom. The Hall–Kier alpha value is -2.94. The van der Waals surface area contributed by atoms with Gasteiger partial charge in [0.1, 0.15) is 11.9 Å². The van der Waals surface area contributed by atoms with Gasteiger partial charge in [0.15, 0.2) is 0 Å². The first-order chi connectivity index (χ1) is 15.1. The molecule has 0 heterocycles. The van der Waals surface area contributed by atoms with Crippen LogP contribution in [0, 0.1) is 12.7 Å². The number of carbonyl (C=O) groups is 2. The molecule has 0 saturated carbocycles. The molecule has 174 valence electrons. The van der Waals surface area contributed by atoms with Gasteiger partial charge in [0.05, 0.1) is 11.9 Å². The van der Waals surface area contributed by atoms with Gasteiger partial charge in [0, 0.05) is 26.6 Å². The molecular weight excluding hydrogens is 433 g/mol. The second-order valence-electron chi connectivity index (χ2n) is 7.63. The molecule has 1 atom stereocenters. The molecule has 0 spiro atoms. The number of likely N-dealkylation sites (N-methyl/N-ethyl adjacent to an activating group) is 1. The number of hydrogen-bond donors (Lipinski definition) is 1. The fraction of sp³-hybridized carbons (Fsp3) is 0.391. The zero-order valence-corrected chi connectivity index (χ0v) is 19.7. The third-order valence-corrected chi connectivity index (χ3v) is 6.47. The molecule has 7 nitrogen and oxygen atoms in total. The summed E-state index contributed by atoms with van der Waals surface area (Å²) in [4.78, 5) is 26.8. The molecule has 0 aliphatic rings. The summed E-state index contributed by atoms with van der Waals surface area (Å²) in [7, 11) is -2.23. The lowest BCUT2D eigenvalue weighted by Gasteiger charge is -2.29. The number of para-hydroxylation sites is 1. The van der Waals surface area contributed by atoms with Crippen LogP contribution >= 0.6 is 0 Å². The van der Waals surface area contributed by atoms with Gasteiger partial charge in [0.25, 0.3) is 0 Å². The summed E-state index contributed by atoms with van der Waals surface area (Å²) in [5.41, 5.74) is 1.86. The monoisotopic (exact) mass is 463 g/mol. The van der Waals surface area contributed by atoms with E-state index in [9.17, 15) is 22.4 Å². The van der Waals surface area contributed by atoms with Crippen molar-refractivity contribution in [1.29, 1.82) is 0 Å². The van der Waals surface area contributed by atoms with Gasteiger partial charge in [-0.2, -0.15) is 0 Å². The fourth-order valence-electron chi connectivity index (χ4n) is 3.40. The highest BCUT2D eigenvalue weighted by Crippen LogP contribution is 2.22. The van der Waals surface area contributed by atoms with Gasteiger partial charge in [-0.05, 0) is 43.5 Å². The van der Waals surface area contributed by atoms with E-state index in [1.165, 1.54) is 30.1 Å². The Bertz CT molecular complexity index is 1060. The van der Waals surface area contributed by atoms with Crippen molar-refractivity contribution >= 4 is 27.5 Å². The van der Waals surface area contributed by atoms with Crippen molar-refractivity contribution < 1.29 is 22.4 Å². The number of benzene rings is 2. The average Bonchev–Trinajstić information content (AvgIpc) is 2.75. The lowest BCUT2D eigenvalue weighted by molar-refractivity contribution is -0.140. The number of hydrogen-bond acceptors (Lipinski definition) is 4. The normalized spacial score (nSPS) is 12.2. The van der Waals surface area contributed by atoms with Crippen LogP contribution in [0.1, 0.15) is 30.9 Å². The second-order valence-corrected chi connectivity index (χ2v) is 9.54. The standard InChI is InChI=1S/C23H30FN3O4S/c1-17-10-5-6-11-19(17)16-26(18(2)23(29)25-3)22(28)14-9-15-27(32(4,30)31)21-13-8-7-12-20(21)24/h5-8,10-13,18H,9,14-16H2,1-4H3,(H,25,29). The van der Waals surface area contributed by atoms with Crippen LogP contribution in [0.15, 0.2) is 48.5 Å². The smallest absolute Gasteiger partial charge is 0.242 e. The van der Waals surface area contributed by atoms with Gasteiger partial charge in [-0.15, -0.1) is 0 Å². The summed E-state index contributed by atoms with van der Waals surface area (Å²) >= 11 is 0. The summed E-state index contributed by atoms with van der Waals surface area (Å²) in [5, 5.41) is 2.56. The molecule has 0 bridgehead atoms. The Morgan fingerprint density at radius 2 is 1.72 bits per heavy atom. The van der Waals surface area contributed by atoms with Crippen LogP contribution in [0.25, 0.3) is 0 Å². The minimum absolute atomic E-state index is 0.00763. The summed E-state index contributed by atoms with van der Waals surface area (Å²) in [6, 6.07) is 12.5. The molecule has 0 saturated heterocycles. The molecule has 2 aromatic rings. The maximum absolute atomic E-state index is 14.2. The van der Waals surface area contributed by atoms with E-state index in [4.69, 9.17) is 0 Å². The summed E-state index contributed by atoms with van der Waals surface area (Å²) in [5.74, 6) is -1.24. The zero-order chi connectivity index (χ0) is 23.9. The number of sulfonamides is 1. The van der Waals surface area contributed by atoms with Gasteiger partial charge < -0.3 is 10.2 Å². The van der Waals surface area contributed by atoms with E-state index in [0.717, 1.165) is 21.7 Å². The number of rotatable bonds is 10. The highest BCUT2D eigenvalue weighted by atomic mass is 32.2. The molecule has 32 heavy (non-hydrogen) atoms. The maximum Gasteiger partial charge on any atom is 0.242 e. The largest absolute Gasteiger partial charge is 0.357 e. The van der Waals surface area contributed by atoms with E-state index in [1.54, 1.807) is 13.0 Å². The lowest BCUT2D eigenvalue weighted by Crippen LogP contribution is -2.47. The Morgan fingerprint density at radius 1 is 1.09 bits per heavy atom. The highest BCUT2D eigenvalue weighted by molar-refractivity contribution is 7.92. The summed E-state index contributed by atoms with van der Waals surface area (Å²) < 4.78 is 39.6. The molecule has 0 aliphatic carbocycles. The quantitative estimate of drug-likeness (QED) is 0.587. The van der Waals surface area contributed by atoms with Crippen LogP contribution in [-0.2, 0) is 26.2 Å². The average molecular weight is 464 g/mol. The van der Waals surface area contributed by atoms with E-state index in [2.05, 4.69) is 5.32 Å². The van der Waals surface area contributed by atoms with E-state index in [0.29, 0.717) is 0 Å². The second kappa shape index (κ2) is 11.1. The van der Waals surface area contributed by atoms with Crippen LogP contribution < -0.4 is 9.62 Å². The van der Waals surface area contributed by atoms with Gasteiger partial charge in [-0.3, -0.25) is 13.9 Å². The van der Waals surface area contributed by atoms with Crippen molar-refractivity contribution in [2.45, 2.75) is 39.3 Å². The predicted molar refractivity (Wildman–Crippen MR) is 123 cm³/mol. The van der Waals surface area contributed by atoms with E-state index in [-0.39, 0.29) is 43.4 Å². The Labute approximate surface area is 189 Å². The minimum atomic E-state index is -3.74. The van der Waals surface area contributed by atoms with Crippen LogP contribution in [0.5, 0.6) is 0 Å². The molecule has 0 fully saturated rings. The number of halogens is 1. The molecule has 2 rings (SSSR count). The molecule has 0 aliphatic heterocycles. The van der Waals surface area contributed by atoms with Crippen molar-refractivity contribution in [1.82, 2.24) is 10.2 Å². The maximum atomic E-state index is 14.2. The summed E-state index contributed by atoms with van der Waals surface area (Å²) in [6.07, 6.45) is 1.18. The van der Waals surface area contributed by atoms with Gasteiger partial charge >= 0.3 is 0 Å². The fourth-order valence-corrected chi connectivity index (χ4v) is 4.37. The van der Waals surface area contributed by atoms with Gasteiger partial charge in [-0.1, -0.05) is 36.4 Å². The van der Waals surface area contributed by atoms with Crippen LogP contribution in [0.2, 0.25) is 0 Å². The third-order valence-electron chi connectivity index (χ3n) is 5.29. The van der Waals surface area contributed by atoms with Crippen LogP contribution in [0.4, 0.5) is 10.1 Å². The molecule has 9 heteroatoms. The molecule has 2 aromatic carbocycles. The molecule has 1 unspecified atom stereocenters. The van der Waals surface area contributed by atoms with E-state index < -0.39 is 21.9 Å². The molecule has 0 radical (unpaired) electrons. The SMILES string of the molecule is CNC(=O)C(C)N(Cc1ccccc1C)C(=O)CCCN(c1ccccc1F)S(C)(=O)=O. The number of aryl methyl sites for hydroxylation is 1. The first-order valence-corrected chi connectivity index (χ1v) is 12.2. The molecule has 1 N–H and O–H groups in total. The van der Waals surface area contributed by atoms with Crippen LogP contribution in [0.3, 0.4) is 0 Å². The first-order valence-electron chi connectivity index (χ1n) is 10.3. The predicted octanol–water partition coefficient (Wildman–Crippen LogP) is 2.84. The van der Waals surface area contributed by atoms with Crippen molar-refractivity contribution in [3.8, 4) is 0 Å². The number of nitrogens with one attached hydrogen (secondary N) is 1. The summed E-state index contributed by atoms with van der Waals surface area (Å²) in [6.45, 7) is 3.78. The number of carbonyl (C=O) groups excluding carboxylic acids is 2. The lowest BCUT2D eigenvalue weighted by atomic mass is 10.1. The van der Waals surface area contributed by atoms with Gasteiger partial charge in [0.2, 0.25) is 21.8 Å². The molecular formula is C23H30FN3O4S. The van der Waals surface area contributed by atoms with E-state index in [1.807, 2.05) is 31.2 Å². The zero-order valence-electron chi connectivity index (χ0n) is 18.8. The molecule has 2 amide bonds. The topological polar surface area (TPSA) is 86.8 Å². The molecule has 0 aromatic heterocycles. The number of amides is 2. The Kier molecular flexibility index (Phi) is 8.77. The van der Waals surface area contributed by atoms with Gasteiger partial charge in [-0.25, -0.2) is 12.8 Å². The van der Waals surface area contributed by atoms with E-state index >= 15 is 0 Å². The van der Waals surface area contributed by atoms with Crippen molar-refractivity contribution in [2.24, 2.45) is 0 Å². The number of nitrogens with zero attached hydrogens (tertiary/aromatic N) is 2. The van der Waals surface area contributed by atoms with Crippen molar-refractivity contribution in [2.75, 3.05) is 24.2 Å². The minimum Gasteiger partial charge on any atom is -0.357 e. The first kappa shape index (κ1) is 25.3.